The number of unbranched alkanes of at least 4 members (excludes halogenated alkanes) is 2. The lowest BCUT2D eigenvalue weighted by Crippen LogP contribution is -2.33. The third-order valence-corrected chi connectivity index (χ3v) is 5.96. The Morgan fingerprint density at radius 1 is 1.00 bits per heavy atom. The number of halogens is 6. The second-order valence-corrected chi connectivity index (χ2v) is 8.87. The molecule has 1 aromatic heterocycles. The molecule has 0 saturated heterocycles. The topological polar surface area (TPSA) is 65.7 Å². The van der Waals surface area contributed by atoms with Gasteiger partial charge in [0.15, 0.2) is 0 Å². The van der Waals surface area contributed by atoms with Crippen molar-refractivity contribution in [2.45, 2.75) is 45.0 Å². The summed E-state index contributed by atoms with van der Waals surface area (Å²) in [7, 11) is 0. The van der Waals surface area contributed by atoms with Gasteiger partial charge in [0.1, 0.15) is 30.5 Å². The molecule has 3 aromatic rings. The first kappa shape index (κ1) is 29.8. The molecule has 2 aromatic carbocycles. The van der Waals surface area contributed by atoms with Crippen molar-refractivity contribution < 1.29 is 45.0 Å². The van der Waals surface area contributed by atoms with Crippen LogP contribution in [-0.2, 0) is 22.1 Å². The highest BCUT2D eigenvalue weighted by molar-refractivity contribution is 5.83. The fraction of sp³-hybridized carbons (Fsp3) is 0.357. The molecule has 5 nitrogen and oxygen atoms in total. The normalized spacial score (nSPS) is 12.8. The predicted molar refractivity (Wildman–Crippen MR) is 132 cm³/mol. The minimum absolute atomic E-state index is 0.0879. The monoisotopic (exact) mass is 556 g/mol. The van der Waals surface area contributed by atoms with Gasteiger partial charge >= 0.3 is 23.9 Å². The maximum Gasteiger partial charge on any atom is 0.417 e. The van der Waals surface area contributed by atoms with Gasteiger partial charge in [-0.05, 0) is 42.7 Å². The Morgan fingerprint density at radius 3 is 2.38 bits per heavy atom. The molecule has 1 heterocycles. The fourth-order valence-corrected chi connectivity index (χ4v) is 3.84. The SMILES string of the molecule is C=CC(=O)OCC(COc1ccc2cc(-c3ccc(CCCCC)cc3C(F)(F)F)c(=O)oc2c1)C(F)(F)F. The molecule has 0 aliphatic carbocycles. The van der Waals surface area contributed by atoms with E-state index in [2.05, 4.69) is 11.3 Å². The van der Waals surface area contributed by atoms with Crippen LogP contribution in [0.25, 0.3) is 22.1 Å². The van der Waals surface area contributed by atoms with Gasteiger partial charge in [0.2, 0.25) is 0 Å². The number of esters is 1. The molecule has 0 fully saturated rings. The molecule has 0 saturated carbocycles. The van der Waals surface area contributed by atoms with Crippen molar-refractivity contribution in [3.63, 3.8) is 0 Å². The lowest BCUT2D eigenvalue weighted by Gasteiger charge is -2.20. The first-order valence-corrected chi connectivity index (χ1v) is 12.1. The number of benzene rings is 2. The van der Waals surface area contributed by atoms with E-state index >= 15 is 0 Å². The number of carbonyl (C=O) groups excluding carboxylic acids is 1. The molecule has 0 aliphatic rings. The molecule has 0 amide bonds. The van der Waals surface area contributed by atoms with Crippen molar-refractivity contribution in [3.05, 3.63) is 76.7 Å². The van der Waals surface area contributed by atoms with E-state index in [1.54, 1.807) is 6.07 Å². The second kappa shape index (κ2) is 12.4. The van der Waals surface area contributed by atoms with Crippen LogP contribution in [0.4, 0.5) is 26.3 Å². The first-order valence-electron chi connectivity index (χ1n) is 12.1. The van der Waals surface area contributed by atoms with E-state index in [-0.39, 0.29) is 27.8 Å². The summed E-state index contributed by atoms with van der Waals surface area (Å²) in [6.07, 6.45) is -5.72. The maximum atomic E-state index is 13.9. The van der Waals surface area contributed by atoms with Crippen LogP contribution in [0.1, 0.15) is 37.3 Å². The number of aryl methyl sites for hydroxylation is 1. The second-order valence-electron chi connectivity index (χ2n) is 8.87. The highest BCUT2D eigenvalue weighted by atomic mass is 19.4. The van der Waals surface area contributed by atoms with Crippen molar-refractivity contribution in [1.29, 1.82) is 0 Å². The molecule has 0 N–H and O–H groups in total. The summed E-state index contributed by atoms with van der Waals surface area (Å²) in [5, 5.41) is 0.240. The van der Waals surface area contributed by atoms with Gasteiger partial charge in [0, 0.05) is 23.1 Å². The van der Waals surface area contributed by atoms with Crippen LogP contribution in [0.2, 0.25) is 0 Å². The van der Waals surface area contributed by atoms with Gasteiger partial charge in [-0.2, -0.15) is 26.3 Å². The minimum Gasteiger partial charge on any atom is -0.493 e. The van der Waals surface area contributed by atoms with Crippen molar-refractivity contribution in [2.75, 3.05) is 13.2 Å². The van der Waals surface area contributed by atoms with E-state index in [9.17, 15) is 35.9 Å². The molecular weight excluding hydrogens is 530 g/mol. The number of fused-ring (bicyclic) bond motifs is 1. The molecule has 3 rings (SSSR count). The van der Waals surface area contributed by atoms with E-state index in [4.69, 9.17) is 9.15 Å². The Balaban J connectivity index is 1.89. The number of hydrogen-bond donors (Lipinski definition) is 0. The molecule has 0 bridgehead atoms. The van der Waals surface area contributed by atoms with Crippen LogP contribution < -0.4 is 10.4 Å². The Bertz CT molecular complexity index is 1370. The zero-order valence-corrected chi connectivity index (χ0v) is 21.0. The zero-order chi connectivity index (χ0) is 28.8. The Hall–Kier alpha value is -3.76. The quantitative estimate of drug-likeness (QED) is 0.0805. The summed E-state index contributed by atoms with van der Waals surface area (Å²) in [5.41, 5.74) is -2.23. The Kier molecular flexibility index (Phi) is 9.47. The van der Waals surface area contributed by atoms with Gasteiger partial charge in [-0.25, -0.2) is 9.59 Å². The third-order valence-electron chi connectivity index (χ3n) is 5.96. The largest absolute Gasteiger partial charge is 0.493 e. The van der Waals surface area contributed by atoms with Gasteiger partial charge in [0.05, 0.1) is 11.1 Å². The first-order chi connectivity index (χ1) is 18.3. The third kappa shape index (κ3) is 7.87. The molecule has 1 atom stereocenters. The average molecular weight is 556 g/mol. The number of ether oxygens (including phenoxy) is 2. The number of hydrogen-bond acceptors (Lipinski definition) is 5. The maximum absolute atomic E-state index is 13.9. The van der Waals surface area contributed by atoms with Crippen LogP contribution in [0.15, 0.2) is 64.3 Å². The van der Waals surface area contributed by atoms with Gasteiger partial charge in [-0.15, -0.1) is 0 Å². The summed E-state index contributed by atoms with van der Waals surface area (Å²) in [6, 6.07) is 8.86. The van der Waals surface area contributed by atoms with E-state index in [1.165, 1.54) is 24.3 Å². The summed E-state index contributed by atoms with van der Waals surface area (Å²) >= 11 is 0. The summed E-state index contributed by atoms with van der Waals surface area (Å²) in [4.78, 5) is 23.8. The fourth-order valence-electron chi connectivity index (χ4n) is 3.84. The van der Waals surface area contributed by atoms with Crippen LogP contribution in [-0.4, -0.2) is 25.4 Å². The van der Waals surface area contributed by atoms with E-state index < -0.39 is 48.6 Å². The molecule has 1 unspecified atom stereocenters. The summed E-state index contributed by atoms with van der Waals surface area (Å²) < 4.78 is 96.4. The Morgan fingerprint density at radius 2 is 1.74 bits per heavy atom. The molecule has 210 valence electrons. The van der Waals surface area contributed by atoms with E-state index in [1.807, 2.05) is 6.92 Å². The average Bonchev–Trinajstić information content (AvgIpc) is 2.86. The van der Waals surface area contributed by atoms with Crippen LogP contribution >= 0.6 is 0 Å². The predicted octanol–water partition coefficient (Wildman–Crippen LogP) is 7.50. The molecule has 39 heavy (non-hydrogen) atoms. The molecular formula is C28H26F6O5. The molecule has 0 spiro atoms. The summed E-state index contributed by atoms with van der Waals surface area (Å²) in [6.45, 7) is 3.21. The van der Waals surface area contributed by atoms with E-state index in [0.717, 1.165) is 37.5 Å². The number of carbonyl (C=O) groups is 1. The lowest BCUT2D eigenvalue weighted by molar-refractivity contribution is -0.195. The summed E-state index contributed by atoms with van der Waals surface area (Å²) in [5.74, 6) is -3.25. The Labute approximate surface area is 220 Å². The van der Waals surface area contributed by atoms with Crippen molar-refractivity contribution in [3.8, 4) is 16.9 Å². The van der Waals surface area contributed by atoms with Gasteiger partial charge in [0.25, 0.3) is 0 Å². The van der Waals surface area contributed by atoms with Crippen molar-refractivity contribution >= 4 is 16.9 Å². The van der Waals surface area contributed by atoms with Crippen LogP contribution in [0, 0.1) is 5.92 Å². The highest BCUT2D eigenvalue weighted by Gasteiger charge is 2.41. The molecule has 11 heteroatoms. The molecule has 0 radical (unpaired) electrons. The van der Waals surface area contributed by atoms with Crippen LogP contribution in [0.5, 0.6) is 5.75 Å². The highest BCUT2D eigenvalue weighted by Crippen LogP contribution is 2.38. The van der Waals surface area contributed by atoms with Crippen molar-refractivity contribution in [2.24, 2.45) is 5.92 Å². The minimum atomic E-state index is -4.73. The lowest BCUT2D eigenvalue weighted by atomic mass is 9.95. The standard InChI is InChI=1S/C28H26F6O5/c1-3-5-6-7-17-8-11-21(23(12-17)28(32,33)34)22-13-18-9-10-20(14-24(18)39-26(22)36)37-15-19(27(29,30)31)16-38-25(35)4-2/h4,8-14,19H,2-3,5-7,15-16H2,1H3. The van der Waals surface area contributed by atoms with Crippen LogP contribution in [0.3, 0.4) is 0 Å². The van der Waals surface area contributed by atoms with Gasteiger partial charge < -0.3 is 13.9 Å². The smallest absolute Gasteiger partial charge is 0.417 e. The number of rotatable bonds is 11. The molecule has 0 aliphatic heterocycles. The van der Waals surface area contributed by atoms with Gasteiger partial charge in [-0.3, -0.25) is 0 Å². The van der Waals surface area contributed by atoms with Crippen molar-refractivity contribution in [1.82, 2.24) is 0 Å². The number of alkyl halides is 6. The zero-order valence-electron chi connectivity index (χ0n) is 21.0. The van der Waals surface area contributed by atoms with Gasteiger partial charge in [-0.1, -0.05) is 38.5 Å². The van der Waals surface area contributed by atoms with E-state index in [0.29, 0.717) is 12.0 Å².